The molecular formula is C10H18N4. The molecule has 4 N–H and O–H groups in total. The lowest BCUT2D eigenvalue weighted by Gasteiger charge is -2.21. The van der Waals surface area contributed by atoms with E-state index in [0.29, 0.717) is 6.54 Å². The molecule has 2 rings (SSSR count). The average molecular weight is 194 g/mol. The van der Waals surface area contributed by atoms with Crippen molar-refractivity contribution < 1.29 is 0 Å². The molecule has 0 spiro atoms. The fraction of sp³-hybridized carbons (Fsp3) is 0.700. The van der Waals surface area contributed by atoms with Gasteiger partial charge in [-0.1, -0.05) is 0 Å². The van der Waals surface area contributed by atoms with Crippen LogP contribution in [-0.4, -0.2) is 23.3 Å². The summed E-state index contributed by atoms with van der Waals surface area (Å²) in [6, 6.07) is 2.09. The molecule has 0 amide bonds. The van der Waals surface area contributed by atoms with Crippen molar-refractivity contribution in [2.45, 2.75) is 25.8 Å². The molecule has 4 nitrogen and oxygen atoms in total. The molecule has 1 aliphatic heterocycles. The van der Waals surface area contributed by atoms with Crippen LogP contribution in [0.5, 0.6) is 0 Å². The lowest BCUT2D eigenvalue weighted by atomic mass is 9.93. The second-order valence-electron chi connectivity index (χ2n) is 3.99. The van der Waals surface area contributed by atoms with Crippen molar-refractivity contribution in [2.24, 2.45) is 11.7 Å². The van der Waals surface area contributed by atoms with Gasteiger partial charge in [0.25, 0.3) is 0 Å². The summed E-state index contributed by atoms with van der Waals surface area (Å²) in [5.41, 5.74) is 7.72. The third-order valence-electron chi connectivity index (χ3n) is 2.86. The first-order valence-corrected chi connectivity index (χ1v) is 5.32. The zero-order valence-corrected chi connectivity index (χ0v) is 8.42. The van der Waals surface area contributed by atoms with E-state index in [-0.39, 0.29) is 0 Å². The number of H-pyrrole nitrogens is 1. The number of nitrogens with two attached hydrogens (primary N) is 1. The van der Waals surface area contributed by atoms with Gasteiger partial charge in [0.05, 0.1) is 5.69 Å². The van der Waals surface area contributed by atoms with Crippen LogP contribution in [0.1, 0.15) is 24.2 Å². The van der Waals surface area contributed by atoms with Crippen LogP contribution in [0.3, 0.4) is 0 Å². The van der Waals surface area contributed by atoms with E-state index in [0.717, 1.165) is 36.8 Å². The van der Waals surface area contributed by atoms with Gasteiger partial charge in [0.15, 0.2) is 0 Å². The highest BCUT2D eigenvalue weighted by Crippen LogP contribution is 2.16. The summed E-state index contributed by atoms with van der Waals surface area (Å²) < 4.78 is 0. The lowest BCUT2D eigenvalue weighted by Crippen LogP contribution is -2.28. The summed E-state index contributed by atoms with van der Waals surface area (Å²) in [6.45, 7) is 2.86. The van der Waals surface area contributed by atoms with Crippen LogP contribution in [0.25, 0.3) is 0 Å². The summed E-state index contributed by atoms with van der Waals surface area (Å²) in [4.78, 5) is 0. The van der Waals surface area contributed by atoms with E-state index in [9.17, 15) is 0 Å². The molecule has 0 unspecified atom stereocenters. The average Bonchev–Trinajstić information content (AvgIpc) is 2.67. The van der Waals surface area contributed by atoms with Crippen molar-refractivity contribution in [3.63, 3.8) is 0 Å². The third kappa shape index (κ3) is 2.33. The van der Waals surface area contributed by atoms with Crippen LogP contribution >= 0.6 is 0 Å². The predicted molar refractivity (Wildman–Crippen MR) is 55.8 cm³/mol. The number of hydrogen-bond acceptors (Lipinski definition) is 3. The van der Waals surface area contributed by atoms with Gasteiger partial charge in [-0.15, -0.1) is 0 Å². The Kier molecular flexibility index (Phi) is 3.16. The number of aromatic nitrogens is 2. The predicted octanol–water partition coefficient (Wildman–Crippen LogP) is 0.410. The van der Waals surface area contributed by atoms with Crippen molar-refractivity contribution in [3.8, 4) is 0 Å². The van der Waals surface area contributed by atoms with E-state index < -0.39 is 0 Å². The Bertz CT molecular complexity index is 275. The minimum Gasteiger partial charge on any atom is -0.325 e. The largest absolute Gasteiger partial charge is 0.325 e. The van der Waals surface area contributed by atoms with Gasteiger partial charge in [-0.25, -0.2) is 0 Å². The minimum atomic E-state index is 0.555. The number of nitrogens with zero attached hydrogens (tertiary/aromatic N) is 1. The lowest BCUT2D eigenvalue weighted by molar-refractivity contribution is 0.370. The summed E-state index contributed by atoms with van der Waals surface area (Å²) >= 11 is 0. The molecule has 78 valence electrons. The third-order valence-corrected chi connectivity index (χ3v) is 2.86. The normalized spacial score (nSPS) is 18.6. The van der Waals surface area contributed by atoms with Gasteiger partial charge in [0.1, 0.15) is 0 Å². The first-order chi connectivity index (χ1) is 6.88. The molecule has 0 aromatic carbocycles. The maximum absolute atomic E-state index is 5.52. The Morgan fingerprint density at radius 1 is 1.43 bits per heavy atom. The van der Waals surface area contributed by atoms with E-state index >= 15 is 0 Å². The topological polar surface area (TPSA) is 66.7 Å². The number of piperidine rings is 1. The van der Waals surface area contributed by atoms with Crippen molar-refractivity contribution >= 4 is 0 Å². The Balaban J connectivity index is 1.89. The number of aromatic amines is 1. The molecule has 14 heavy (non-hydrogen) atoms. The second-order valence-corrected chi connectivity index (χ2v) is 3.99. The molecule has 0 bridgehead atoms. The molecule has 0 saturated carbocycles. The van der Waals surface area contributed by atoms with Crippen molar-refractivity contribution in [2.75, 3.05) is 13.1 Å². The maximum Gasteiger partial charge on any atom is 0.0628 e. The monoisotopic (exact) mass is 194 g/mol. The van der Waals surface area contributed by atoms with Gasteiger partial charge in [-0.05, 0) is 44.3 Å². The fourth-order valence-corrected chi connectivity index (χ4v) is 2.00. The fourth-order valence-electron chi connectivity index (χ4n) is 2.00. The van der Waals surface area contributed by atoms with Crippen LogP contribution < -0.4 is 11.1 Å². The minimum absolute atomic E-state index is 0.555. The maximum atomic E-state index is 5.52. The summed E-state index contributed by atoms with van der Waals surface area (Å²) in [7, 11) is 0. The molecule has 0 aliphatic carbocycles. The molecule has 1 fully saturated rings. The molecule has 0 radical (unpaired) electrons. The van der Waals surface area contributed by atoms with Crippen molar-refractivity contribution in [1.29, 1.82) is 0 Å². The van der Waals surface area contributed by atoms with Gasteiger partial charge in [0, 0.05) is 12.2 Å². The van der Waals surface area contributed by atoms with E-state index in [1.54, 1.807) is 0 Å². The molecule has 1 aromatic rings. The quantitative estimate of drug-likeness (QED) is 0.653. The number of rotatable bonds is 3. The van der Waals surface area contributed by atoms with Crippen molar-refractivity contribution in [3.05, 3.63) is 17.5 Å². The van der Waals surface area contributed by atoms with Crippen LogP contribution in [-0.2, 0) is 13.0 Å². The van der Waals surface area contributed by atoms with Crippen LogP contribution in [0, 0.1) is 5.92 Å². The molecule has 0 atom stereocenters. The van der Waals surface area contributed by atoms with E-state index in [1.165, 1.54) is 12.8 Å². The SMILES string of the molecule is NCc1cc(CC2CCNCC2)n[nH]1. The zero-order chi connectivity index (χ0) is 9.80. The Morgan fingerprint density at radius 3 is 2.86 bits per heavy atom. The van der Waals surface area contributed by atoms with E-state index in [4.69, 9.17) is 5.73 Å². The van der Waals surface area contributed by atoms with Gasteiger partial charge in [-0.3, -0.25) is 5.10 Å². The first kappa shape index (κ1) is 9.68. The molecule has 1 aromatic heterocycles. The zero-order valence-electron chi connectivity index (χ0n) is 8.42. The van der Waals surface area contributed by atoms with E-state index in [1.807, 2.05) is 0 Å². The Hall–Kier alpha value is -0.870. The molecule has 1 saturated heterocycles. The second kappa shape index (κ2) is 4.57. The Labute approximate surface area is 84.3 Å². The number of nitrogens with one attached hydrogen (secondary N) is 2. The summed E-state index contributed by atoms with van der Waals surface area (Å²) in [6.07, 6.45) is 3.63. The smallest absolute Gasteiger partial charge is 0.0628 e. The highest BCUT2D eigenvalue weighted by atomic mass is 15.1. The van der Waals surface area contributed by atoms with Crippen LogP contribution in [0.4, 0.5) is 0 Å². The highest BCUT2D eigenvalue weighted by molar-refractivity contribution is 5.09. The van der Waals surface area contributed by atoms with Crippen LogP contribution in [0.15, 0.2) is 6.07 Å². The summed E-state index contributed by atoms with van der Waals surface area (Å²) in [5, 5.41) is 10.6. The van der Waals surface area contributed by atoms with Gasteiger partial charge < -0.3 is 11.1 Å². The molecule has 4 heteroatoms. The summed E-state index contributed by atoms with van der Waals surface area (Å²) in [5.74, 6) is 0.796. The number of hydrogen-bond donors (Lipinski definition) is 3. The van der Waals surface area contributed by atoms with Gasteiger partial charge >= 0.3 is 0 Å². The van der Waals surface area contributed by atoms with Gasteiger partial charge in [0.2, 0.25) is 0 Å². The first-order valence-electron chi connectivity index (χ1n) is 5.32. The molecular weight excluding hydrogens is 176 g/mol. The Morgan fingerprint density at radius 2 is 2.21 bits per heavy atom. The highest BCUT2D eigenvalue weighted by Gasteiger charge is 2.14. The van der Waals surface area contributed by atoms with Crippen LogP contribution in [0.2, 0.25) is 0 Å². The van der Waals surface area contributed by atoms with Gasteiger partial charge in [-0.2, -0.15) is 5.10 Å². The molecule has 2 heterocycles. The van der Waals surface area contributed by atoms with E-state index in [2.05, 4.69) is 21.6 Å². The molecule has 1 aliphatic rings. The standard InChI is InChI=1S/C10H18N4/c11-7-10-6-9(13-14-10)5-8-1-3-12-4-2-8/h6,8,12H,1-5,7,11H2,(H,13,14). The van der Waals surface area contributed by atoms with Crippen molar-refractivity contribution in [1.82, 2.24) is 15.5 Å².